The van der Waals surface area contributed by atoms with Crippen LogP contribution in [0.2, 0.25) is 0 Å². The van der Waals surface area contributed by atoms with Crippen molar-refractivity contribution in [1.29, 1.82) is 0 Å². The van der Waals surface area contributed by atoms with Gasteiger partial charge in [-0.1, -0.05) is 313 Å². The number of ether oxygens (including phenoxy) is 3. The summed E-state index contributed by atoms with van der Waals surface area (Å²) >= 11 is 0. The molecule has 0 saturated heterocycles. The summed E-state index contributed by atoms with van der Waals surface area (Å²) in [4.78, 5) is 38.5. The van der Waals surface area contributed by atoms with Gasteiger partial charge in [-0.3, -0.25) is 14.4 Å². The first-order chi connectivity index (χ1) is 39.5. The number of hydrogen-bond acceptors (Lipinski definition) is 6. The zero-order chi connectivity index (χ0) is 57.8. The molecule has 0 aromatic carbocycles. The van der Waals surface area contributed by atoms with Gasteiger partial charge in [0.15, 0.2) is 6.10 Å². The van der Waals surface area contributed by atoms with Gasteiger partial charge in [0.25, 0.3) is 0 Å². The van der Waals surface area contributed by atoms with Crippen molar-refractivity contribution in [3.8, 4) is 0 Å². The molecule has 468 valence electrons. The summed E-state index contributed by atoms with van der Waals surface area (Å²) in [6.07, 6.45) is 87.0. The smallest absolute Gasteiger partial charge is 0.306 e. The minimum absolute atomic E-state index is 0.0740. The molecule has 0 spiro atoms. The van der Waals surface area contributed by atoms with Gasteiger partial charge in [0, 0.05) is 19.3 Å². The van der Waals surface area contributed by atoms with E-state index in [-0.39, 0.29) is 31.1 Å². The molecule has 0 bridgehead atoms. The van der Waals surface area contributed by atoms with E-state index in [1.807, 2.05) is 0 Å². The maximum Gasteiger partial charge on any atom is 0.306 e. The van der Waals surface area contributed by atoms with Gasteiger partial charge in [-0.05, 0) is 103 Å². The zero-order valence-electron chi connectivity index (χ0n) is 53.9. The predicted molar refractivity (Wildman–Crippen MR) is 349 cm³/mol. The van der Waals surface area contributed by atoms with Crippen LogP contribution in [0.4, 0.5) is 0 Å². The summed E-state index contributed by atoms with van der Waals surface area (Å²) in [6, 6.07) is 0. The van der Waals surface area contributed by atoms with Gasteiger partial charge < -0.3 is 14.2 Å². The lowest BCUT2D eigenvalue weighted by molar-refractivity contribution is -0.167. The highest BCUT2D eigenvalue weighted by molar-refractivity contribution is 5.71. The standard InChI is InChI=1S/C74H136O6/c1-4-7-10-13-16-19-22-25-28-31-33-35-37-39-41-43-46-49-52-55-58-61-64-67-73(76)79-70-71(69-78-72(75)66-63-60-57-54-51-48-45-30-27-24-21-18-15-12-9-6-3)80-74(77)68-65-62-59-56-53-50-47-44-42-40-38-36-34-32-29-26-23-20-17-14-11-8-5-2/h22,25,30-34,45,71H,4-21,23-24,26-29,35-44,46-70H2,1-3H3/b25-22-,33-31-,34-32-,45-30-. The van der Waals surface area contributed by atoms with Crippen LogP contribution in [-0.4, -0.2) is 37.2 Å². The molecule has 0 amide bonds. The minimum atomic E-state index is -0.779. The van der Waals surface area contributed by atoms with Crippen LogP contribution in [0.1, 0.15) is 387 Å². The Hall–Kier alpha value is -2.63. The van der Waals surface area contributed by atoms with E-state index in [0.717, 1.165) is 70.6 Å². The third-order valence-electron chi connectivity index (χ3n) is 16.0. The monoisotopic (exact) mass is 1120 g/mol. The molecule has 0 aliphatic carbocycles. The van der Waals surface area contributed by atoms with Crippen molar-refractivity contribution in [1.82, 2.24) is 0 Å². The summed E-state index contributed by atoms with van der Waals surface area (Å²) in [5, 5.41) is 0. The fourth-order valence-corrected chi connectivity index (χ4v) is 10.6. The van der Waals surface area contributed by atoms with E-state index < -0.39 is 6.10 Å². The molecule has 0 fully saturated rings. The van der Waals surface area contributed by atoms with Gasteiger partial charge in [0.2, 0.25) is 0 Å². The molecule has 0 aliphatic rings. The van der Waals surface area contributed by atoms with Crippen LogP contribution in [0.15, 0.2) is 48.6 Å². The highest BCUT2D eigenvalue weighted by Gasteiger charge is 2.19. The van der Waals surface area contributed by atoms with Gasteiger partial charge in [-0.2, -0.15) is 0 Å². The molecule has 0 aliphatic heterocycles. The second kappa shape index (κ2) is 68.9. The highest BCUT2D eigenvalue weighted by atomic mass is 16.6. The molecular weight excluding hydrogens is 985 g/mol. The molecule has 0 radical (unpaired) electrons. The third kappa shape index (κ3) is 66.2. The Morgan fingerprint density at radius 1 is 0.250 bits per heavy atom. The second-order valence-corrected chi connectivity index (χ2v) is 24.1. The van der Waals surface area contributed by atoms with E-state index in [9.17, 15) is 14.4 Å². The van der Waals surface area contributed by atoms with E-state index in [2.05, 4.69) is 69.4 Å². The topological polar surface area (TPSA) is 78.9 Å². The molecule has 6 nitrogen and oxygen atoms in total. The fourth-order valence-electron chi connectivity index (χ4n) is 10.6. The molecular formula is C74H136O6. The fraction of sp³-hybridized carbons (Fsp3) is 0.851. The largest absolute Gasteiger partial charge is 0.462 e. The van der Waals surface area contributed by atoms with E-state index in [1.165, 1.54) is 276 Å². The first-order valence-corrected chi connectivity index (χ1v) is 35.6. The maximum atomic E-state index is 13.0. The van der Waals surface area contributed by atoms with Crippen molar-refractivity contribution >= 4 is 17.9 Å². The minimum Gasteiger partial charge on any atom is -0.462 e. The molecule has 0 aromatic rings. The Bertz CT molecular complexity index is 1380. The van der Waals surface area contributed by atoms with Crippen molar-refractivity contribution < 1.29 is 28.6 Å². The number of unbranched alkanes of at least 4 members (excludes halogenated alkanes) is 47. The number of allylic oxidation sites excluding steroid dienone is 8. The van der Waals surface area contributed by atoms with E-state index in [1.54, 1.807) is 0 Å². The predicted octanol–water partition coefficient (Wildman–Crippen LogP) is 24.5. The number of carbonyl (C=O) groups is 3. The van der Waals surface area contributed by atoms with Crippen LogP contribution in [0, 0.1) is 0 Å². The highest BCUT2D eigenvalue weighted by Crippen LogP contribution is 2.18. The molecule has 0 saturated carbocycles. The van der Waals surface area contributed by atoms with Crippen molar-refractivity contribution in [2.75, 3.05) is 13.2 Å². The van der Waals surface area contributed by atoms with Gasteiger partial charge in [-0.15, -0.1) is 0 Å². The quantitative estimate of drug-likeness (QED) is 0.0261. The van der Waals surface area contributed by atoms with E-state index in [0.29, 0.717) is 19.3 Å². The van der Waals surface area contributed by atoms with Crippen molar-refractivity contribution in [2.45, 2.75) is 393 Å². The molecule has 0 aromatic heterocycles. The summed E-state index contributed by atoms with van der Waals surface area (Å²) in [5.41, 5.74) is 0. The first-order valence-electron chi connectivity index (χ1n) is 35.6. The van der Waals surface area contributed by atoms with Gasteiger partial charge in [0.1, 0.15) is 13.2 Å². The van der Waals surface area contributed by atoms with Crippen molar-refractivity contribution in [2.24, 2.45) is 0 Å². The maximum absolute atomic E-state index is 13.0. The Morgan fingerprint density at radius 3 is 0.700 bits per heavy atom. The number of carbonyl (C=O) groups excluding carboxylic acids is 3. The molecule has 1 unspecified atom stereocenters. The van der Waals surface area contributed by atoms with Gasteiger partial charge in [0.05, 0.1) is 0 Å². The van der Waals surface area contributed by atoms with E-state index >= 15 is 0 Å². The Labute approximate surface area is 498 Å². The third-order valence-corrected chi connectivity index (χ3v) is 16.0. The van der Waals surface area contributed by atoms with E-state index in [4.69, 9.17) is 14.2 Å². The average molecular weight is 1120 g/mol. The zero-order valence-corrected chi connectivity index (χ0v) is 53.9. The Balaban J connectivity index is 4.32. The lowest BCUT2D eigenvalue weighted by Gasteiger charge is -2.18. The summed E-state index contributed by atoms with van der Waals surface area (Å²) in [6.45, 7) is 6.68. The van der Waals surface area contributed by atoms with Crippen LogP contribution in [-0.2, 0) is 28.6 Å². The van der Waals surface area contributed by atoms with Crippen LogP contribution < -0.4 is 0 Å². The molecule has 0 heterocycles. The lowest BCUT2D eigenvalue weighted by atomic mass is 10.0. The Kier molecular flexibility index (Phi) is 66.6. The molecule has 6 heteroatoms. The van der Waals surface area contributed by atoms with Gasteiger partial charge >= 0.3 is 17.9 Å². The van der Waals surface area contributed by atoms with Crippen molar-refractivity contribution in [3.63, 3.8) is 0 Å². The lowest BCUT2D eigenvalue weighted by Crippen LogP contribution is -2.30. The van der Waals surface area contributed by atoms with Gasteiger partial charge in [-0.25, -0.2) is 0 Å². The number of hydrogen-bond donors (Lipinski definition) is 0. The SMILES string of the molecule is CCCCCCC/C=C\C/C=C\CCCCCCCCCCCCCC(=O)OCC(COC(=O)CCCCCCC/C=C\CCCCCCCCC)OC(=O)CCCCCCCCCCCCC/C=C\CCCCCCCCCC. The van der Waals surface area contributed by atoms with Crippen LogP contribution in [0.25, 0.3) is 0 Å². The van der Waals surface area contributed by atoms with Crippen LogP contribution in [0.5, 0.6) is 0 Å². The van der Waals surface area contributed by atoms with Crippen LogP contribution >= 0.6 is 0 Å². The summed E-state index contributed by atoms with van der Waals surface area (Å²) < 4.78 is 17.0. The average Bonchev–Trinajstić information content (AvgIpc) is 3.46. The first kappa shape index (κ1) is 77.4. The molecule has 80 heavy (non-hydrogen) atoms. The number of esters is 3. The summed E-state index contributed by atoms with van der Waals surface area (Å²) in [5.74, 6) is -0.859. The second-order valence-electron chi connectivity index (χ2n) is 24.1. The number of rotatable bonds is 66. The molecule has 0 N–H and O–H groups in total. The Morgan fingerprint density at radius 2 is 0.450 bits per heavy atom. The summed E-state index contributed by atoms with van der Waals surface area (Å²) in [7, 11) is 0. The van der Waals surface area contributed by atoms with Crippen LogP contribution in [0.3, 0.4) is 0 Å². The molecule has 0 rings (SSSR count). The van der Waals surface area contributed by atoms with Crippen molar-refractivity contribution in [3.05, 3.63) is 48.6 Å². The normalized spacial score (nSPS) is 12.3. The molecule has 1 atom stereocenters.